The minimum atomic E-state index is -0.732. The molecule has 1 saturated carbocycles. The van der Waals surface area contributed by atoms with Crippen molar-refractivity contribution < 1.29 is 28.5 Å². The Morgan fingerprint density at radius 1 is 0.979 bits per heavy atom. The monoisotopic (exact) mass is 641 g/mol. The van der Waals surface area contributed by atoms with Crippen molar-refractivity contribution in [2.75, 3.05) is 19.8 Å². The molecule has 246 valence electrons. The Morgan fingerprint density at radius 3 is 2.49 bits per heavy atom. The van der Waals surface area contributed by atoms with Gasteiger partial charge in [0.1, 0.15) is 19.3 Å². The van der Waals surface area contributed by atoms with E-state index in [1.807, 2.05) is 29.7 Å². The summed E-state index contributed by atoms with van der Waals surface area (Å²) in [4.78, 5) is 30.0. The maximum Gasteiger partial charge on any atom is 0.508 e. The lowest BCUT2D eigenvalue weighted by atomic mass is 9.98. The second-order valence-corrected chi connectivity index (χ2v) is 11.4. The first kappa shape index (κ1) is 31.8. The van der Waals surface area contributed by atoms with Gasteiger partial charge < -0.3 is 23.5 Å². The number of carbonyl (C=O) groups is 2. The molecule has 13 nitrogen and oxygen atoms in total. The van der Waals surface area contributed by atoms with Gasteiger partial charge in [-0.15, -0.1) is 5.10 Å². The van der Waals surface area contributed by atoms with Gasteiger partial charge in [-0.1, -0.05) is 36.8 Å². The van der Waals surface area contributed by atoms with Crippen LogP contribution in [0.4, 0.5) is 4.79 Å². The Balaban J connectivity index is 1.20. The molecule has 5 aromatic rings. The second-order valence-electron chi connectivity index (χ2n) is 11.4. The average molecular weight is 642 g/mol. The smallest absolute Gasteiger partial charge is 0.465 e. The number of para-hydroxylation sites is 1. The number of nitrogens with zero attached hydrogens (tertiary/aromatic N) is 6. The zero-order valence-electron chi connectivity index (χ0n) is 26.9. The summed E-state index contributed by atoms with van der Waals surface area (Å²) in [6, 6.07) is 16.0. The van der Waals surface area contributed by atoms with E-state index in [1.54, 1.807) is 12.1 Å². The van der Waals surface area contributed by atoms with Crippen molar-refractivity contribution in [2.45, 2.75) is 72.1 Å². The first-order valence-electron chi connectivity index (χ1n) is 16.1. The van der Waals surface area contributed by atoms with E-state index in [0.29, 0.717) is 41.6 Å². The van der Waals surface area contributed by atoms with Gasteiger partial charge in [-0.05, 0) is 86.2 Å². The molecule has 0 aliphatic heterocycles. The van der Waals surface area contributed by atoms with Gasteiger partial charge in [0, 0.05) is 17.8 Å². The Labute approximate surface area is 272 Å². The molecule has 2 aromatic carbocycles. The molecule has 1 fully saturated rings. The number of aromatic nitrogens is 7. The van der Waals surface area contributed by atoms with Crippen LogP contribution in [0.5, 0.6) is 6.01 Å². The van der Waals surface area contributed by atoms with Crippen LogP contribution in [-0.2, 0) is 27.3 Å². The van der Waals surface area contributed by atoms with E-state index >= 15 is 0 Å². The highest BCUT2D eigenvalue weighted by Gasteiger charge is 2.22. The molecule has 0 bridgehead atoms. The summed E-state index contributed by atoms with van der Waals surface area (Å²) in [6.45, 7) is 7.46. The predicted molar refractivity (Wildman–Crippen MR) is 173 cm³/mol. The van der Waals surface area contributed by atoms with Crippen LogP contribution in [0.3, 0.4) is 0 Å². The summed E-state index contributed by atoms with van der Waals surface area (Å²) < 4.78 is 26.0. The van der Waals surface area contributed by atoms with E-state index in [9.17, 15) is 9.59 Å². The van der Waals surface area contributed by atoms with Gasteiger partial charge in [-0.3, -0.25) is 4.57 Å². The first-order chi connectivity index (χ1) is 23.0. The van der Waals surface area contributed by atoms with Crippen molar-refractivity contribution in [1.82, 2.24) is 34.7 Å². The van der Waals surface area contributed by atoms with Gasteiger partial charge in [-0.2, -0.15) is 4.98 Å². The number of hydrogen-bond acceptors (Lipinski definition) is 10. The number of fused-ring (bicyclic) bond motifs is 1. The van der Waals surface area contributed by atoms with Crippen LogP contribution < -0.4 is 4.74 Å². The van der Waals surface area contributed by atoms with E-state index in [0.717, 1.165) is 66.7 Å². The number of benzene rings is 2. The van der Waals surface area contributed by atoms with Crippen LogP contribution in [-0.4, -0.2) is 72.8 Å². The zero-order chi connectivity index (χ0) is 32.8. The number of carbonyl (C=O) groups excluding carboxylic acids is 2. The highest BCUT2D eigenvalue weighted by atomic mass is 16.7. The molecule has 0 radical (unpaired) electrons. The maximum atomic E-state index is 13.3. The number of aromatic amines is 1. The number of hydrogen-bond donors (Lipinski definition) is 1. The number of rotatable bonds is 12. The number of H-pyrrole nitrogens is 1. The largest absolute Gasteiger partial charge is 0.508 e. The molecule has 0 spiro atoms. The lowest BCUT2D eigenvalue weighted by molar-refractivity contribution is -0.00178. The lowest BCUT2D eigenvalue weighted by Crippen LogP contribution is -2.23. The van der Waals surface area contributed by atoms with Crippen molar-refractivity contribution in [3.8, 4) is 28.7 Å². The molecule has 0 atom stereocenters. The van der Waals surface area contributed by atoms with Crippen molar-refractivity contribution in [2.24, 2.45) is 0 Å². The fourth-order valence-corrected chi connectivity index (χ4v) is 6.21. The quantitative estimate of drug-likeness (QED) is 0.125. The van der Waals surface area contributed by atoms with Gasteiger partial charge in [0.25, 0.3) is 6.01 Å². The molecule has 0 saturated heterocycles. The molecule has 1 aliphatic carbocycles. The number of tetrazole rings is 1. The average Bonchev–Trinajstić information content (AvgIpc) is 3.82. The van der Waals surface area contributed by atoms with Gasteiger partial charge >= 0.3 is 12.1 Å². The Hall–Kier alpha value is -5.20. The summed E-state index contributed by atoms with van der Waals surface area (Å²) >= 11 is 0. The number of imidazole rings is 1. The molecule has 3 heterocycles. The fourth-order valence-electron chi connectivity index (χ4n) is 6.21. The summed E-state index contributed by atoms with van der Waals surface area (Å²) in [5.74, 6) is 0.0560. The fraction of sp³-hybridized carbons (Fsp3) is 0.412. The third-order valence-electron chi connectivity index (χ3n) is 8.37. The molecule has 1 aliphatic rings. The van der Waals surface area contributed by atoms with Crippen LogP contribution in [0.25, 0.3) is 33.7 Å². The first-order valence-corrected chi connectivity index (χ1v) is 16.1. The van der Waals surface area contributed by atoms with Crippen molar-refractivity contribution in [1.29, 1.82) is 0 Å². The van der Waals surface area contributed by atoms with Crippen LogP contribution in [0.1, 0.15) is 67.6 Å². The van der Waals surface area contributed by atoms with Gasteiger partial charge in [0.05, 0.1) is 35.4 Å². The maximum absolute atomic E-state index is 13.3. The Kier molecular flexibility index (Phi) is 9.79. The lowest BCUT2D eigenvalue weighted by Gasteiger charge is -2.21. The van der Waals surface area contributed by atoms with E-state index in [2.05, 4.69) is 62.2 Å². The summed E-state index contributed by atoms with van der Waals surface area (Å²) in [5, 5.41) is 14.5. The molecule has 3 aromatic heterocycles. The minimum absolute atomic E-state index is 0.0985. The van der Waals surface area contributed by atoms with Crippen molar-refractivity contribution in [3.63, 3.8) is 0 Å². The summed E-state index contributed by atoms with van der Waals surface area (Å²) in [7, 11) is 0. The van der Waals surface area contributed by atoms with Gasteiger partial charge in [-0.25, -0.2) is 14.7 Å². The number of esters is 1. The normalized spacial score (nSPS) is 13.5. The standard InChI is InChI=1S/C34H39N7O6/c1-4-40-22(3)20-27(31-36-38-39-37-31)29(40)24-16-14-23(15-17-24)21-41-30-26(12-9-13-28(30)35-33(41)44-5-2)32(42)45-18-19-46-34(43)47-25-10-7-6-8-11-25/h9,12-17,20,25H,4-8,10-11,18-19,21H2,1-3H3,(H,36,37,38,39). The third kappa shape index (κ3) is 6.98. The molecule has 13 heteroatoms. The summed E-state index contributed by atoms with van der Waals surface area (Å²) in [6.07, 6.45) is 4.12. The number of nitrogens with one attached hydrogen (secondary N) is 1. The van der Waals surface area contributed by atoms with E-state index in [4.69, 9.17) is 18.9 Å². The second kappa shape index (κ2) is 14.5. The van der Waals surface area contributed by atoms with Crippen LogP contribution in [0.15, 0.2) is 48.5 Å². The topological polar surface area (TPSA) is 148 Å². The van der Waals surface area contributed by atoms with Gasteiger partial charge in [0.2, 0.25) is 0 Å². The van der Waals surface area contributed by atoms with Crippen LogP contribution in [0, 0.1) is 6.92 Å². The Morgan fingerprint density at radius 2 is 1.77 bits per heavy atom. The molecule has 0 amide bonds. The molecule has 47 heavy (non-hydrogen) atoms. The van der Waals surface area contributed by atoms with E-state index in [1.165, 1.54) is 0 Å². The molecular formula is C34H39N7O6. The van der Waals surface area contributed by atoms with E-state index < -0.39 is 12.1 Å². The highest BCUT2D eigenvalue weighted by Crippen LogP contribution is 2.34. The van der Waals surface area contributed by atoms with E-state index in [-0.39, 0.29) is 19.3 Å². The molecule has 1 N–H and O–H groups in total. The van der Waals surface area contributed by atoms with Crippen LogP contribution >= 0.6 is 0 Å². The minimum Gasteiger partial charge on any atom is -0.465 e. The molecule has 6 rings (SSSR count). The third-order valence-corrected chi connectivity index (χ3v) is 8.37. The Bertz CT molecular complexity index is 1820. The van der Waals surface area contributed by atoms with Crippen molar-refractivity contribution in [3.05, 3.63) is 65.4 Å². The number of aryl methyl sites for hydroxylation is 1. The predicted octanol–water partition coefficient (Wildman–Crippen LogP) is 6.10. The van der Waals surface area contributed by atoms with Crippen molar-refractivity contribution >= 4 is 23.2 Å². The van der Waals surface area contributed by atoms with Gasteiger partial charge in [0.15, 0.2) is 5.82 Å². The highest BCUT2D eigenvalue weighted by molar-refractivity contribution is 6.02. The zero-order valence-corrected chi connectivity index (χ0v) is 26.9. The molecule has 0 unspecified atom stereocenters. The molecular weight excluding hydrogens is 602 g/mol. The summed E-state index contributed by atoms with van der Waals surface area (Å²) in [5.41, 5.74) is 6.59. The number of ether oxygens (including phenoxy) is 4. The van der Waals surface area contributed by atoms with Crippen LogP contribution in [0.2, 0.25) is 0 Å². The SMILES string of the molecule is CCOc1nc2cccc(C(=O)OCCOC(=O)OC3CCCCC3)c2n1Cc1ccc(-c2c(-c3nnn[nH]3)cc(C)n2CC)cc1.